The maximum atomic E-state index is 13.0. The van der Waals surface area contributed by atoms with E-state index in [0.717, 1.165) is 39.5 Å². The molecule has 0 spiro atoms. The van der Waals surface area contributed by atoms with Crippen molar-refractivity contribution in [1.29, 1.82) is 0 Å². The van der Waals surface area contributed by atoms with E-state index in [1.165, 1.54) is 12.1 Å². The Morgan fingerprint density at radius 1 is 1.40 bits per heavy atom. The lowest BCUT2D eigenvalue weighted by molar-refractivity contribution is 0.626. The average molecular weight is 358 g/mol. The Morgan fingerprint density at radius 2 is 2.15 bits per heavy atom. The SMILES string of the molecule is CCc1nn(CC)c(CSc2ccc(F)cc2N)c1Br. The summed E-state index contributed by atoms with van der Waals surface area (Å²) in [6.45, 7) is 4.98. The van der Waals surface area contributed by atoms with Crippen molar-refractivity contribution in [3.05, 3.63) is 39.9 Å². The van der Waals surface area contributed by atoms with E-state index < -0.39 is 0 Å². The molecular weight excluding hydrogens is 341 g/mol. The highest BCUT2D eigenvalue weighted by molar-refractivity contribution is 9.10. The van der Waals surface area contributed by atoms with E-state index in [9.17, 15) is 4.39 Å². The fourth-order valence-electron chi connectivity index (χ4n) is 1.95. The van der Waals surface area contributed by atoms with E-state index in [1.54, 1.807) is 17.8 Å². The van der Waals surface area contributed by atoms with Crippen molar-refractivity contribution in [1.82, 2.24) is 9.78 Å². The molecule has 0 saturated carbocycles. The van der Waals surface area contributed by atoms with Gasteiger partial charge in [-0.1, -0.05) is 6.92 Å². The Balaban J connectivity index is 2.20. The molecule has 20 heavy (non-hydrogen) atoms. The number of halogens is 2. The van der Waals surface area contributed by atoms with Crippen LogP contribution in [0.5, 0.6) is 0 Å². The van der Waals surface area contributed by atoms with Crippen LogP contribution in [0, 0.1) is 5.82 Å². The van der Waals surface area contributed by atoms with Gasteiger partial charge in [-0.15, -0.1) is 11.8 Å². The van der Waals surface area contributed by atoms with Crippen molar-refractivity contribution >= 4 is 33.4 Å². The first-order valence-electron chi connectivity index (χ1n) is 6.48. The first kappa shape index (κ1) is 15.4. The van der Waals surface area contributed by atoms with Gasteiger partial charge in [0.15, 0.2) is 0 Å². The van der Waals surface area contributed by atoms with Gasteiger partial charge in [0.2, 0.25) is 0 Å². The number of nitrogens with zero attached hydrogens (tertiary/aromatic N) is 2. The van der Waals surface area contributed by atoms with Crippen LogP contribution >= 0.6 is 27.7 Å². The molecule has 0 radical (unpaired) electrons. The van der Waals surface area contributed by atoms with Crippen LogP contribution in [-0.2, 0) is 18.7 Å². The minimum absolute atomic E-state index is 0.306. The lowest BCUT2D eigenvalue weighted by Gasteiger charge is -2.07. The van der Waals surface area contributed by atoms with Crippen molar-refractivity contribution in [2.75, 3.05) is 5.73 Å². The number of hydrogen-bond donors (Lipinski definition) is 1. The molecule has 0 aliphatic heterocycles. The van der Waals surface area contributed by atoms with Crippen LogP contribution in [0.3, 0.4) is 0 Å². The second kappa shape index (κ2) is 6.63. The molecule has 0 bridgehead atoms. The summed E-state index contributed by atoms with van der Waals surface area (Å²) in [4.78, 5) is 0.889. The molecule has 1 aromatic heterocycles. The molecule has 1 aromatic carbocycles. The third-order valence-electron chi connectivity index (χ3n) is 3.03. The number of anilines is 1. The van der Waals surface area contributed by atoms with Crippen molar-refractivity contribution in [2.45, 2.75) is 37.5 Å². The molecule has 2 aromatic rings. The van der Waals surface area contributed by atoms with Crippen LogP contribution in [-0.4, -0.2) is 9.78 Å². The highest BCUT2D eigenvalue weighted by Crippen LogP contribution is 2.32. The molecule has 0 aliphatic rings. The number of nitrogen functional groups attached to an aromatic ring is 1. The fraction of sp³-hybridized carbons (Fsp3) is 0.357. The highest BCUT2D eigenvalue weighted by Gasteiger charge is 2.14. The Morgan fingerprint density at radius 3 is 2.75 bits per heavy atom. The Labute approximate surface area is 130 Å². The Hall–Kier alpha value is -1.01. The van der Waals surface area contributed by atoms with Crippen LogP contribution in [0.2, 0.25) is 0 Å². The number of aryl methyl sites for hydroxylation is 2. The maximum absolute atomic E-state index is 13.0. The van der Waals surface area contributed by atoms with Crippen molar-refractivity contribution in [2.24, 2.45) is 0 Å². The molecule has 108 valence electrons. The largest absolute Gasteiger partial charge is 0.398 e. The van der Waals surface area contributed by atoms with Gasteiger partial charge in [0, 0.05) is 22.9 Å². The Kier molecular flexibility index (Phi) is 5.10. The molecule has 0 unspecified atom stereocenters. The van der Waals surface area contributed by atoms with Gasteiger partial charge in [-0.2, -0.15) is 5.10 Å². The van der Waals surface area contributed by atoms with Gasteiger partial charge < -0.3 is 5.73 Å². The van der Waals surface area contributed by atoms with E-state index in [1.807, 2.05) is 4.68 Å². The minimum atomic E-state index is -0.306. The molecule has 2 rings (SSSR count). The normalized spacial score (nSPS) is 11.0. The van der Waals surface area contributed by atoms with Crippen molar-refractivity contribution in [3.8, 4) is 0 Å². The summed E-state index contributed by atoms with van der Waals surface area (Å²) in [5.74, 6) is 0.442. The van der Waals surface area contributed by atoms with Gasteiger partial charge in [-0.25, -0.2) is 4.39 Å². The van der Waals surface area contributed by atoms with E-state index in [-0.39, 0.29) is 5.82 Å². The molecular formula is C14H17BrFN3S. The standard InChI is InChI=1S/C14H17BrFN3S/c1-3-11-14(15)12(19(4-2)18-11)8-20-13-6-5-9(16)7-10(13)17/h5-7H,3-4,8,17H2,1-2H3. The van der Waals surface area contributed by atoms with Gasteiger partial charge >= 0.3 is 0 Å². The number of nitrogens with two attached hydrogens (primary N) is 1. The predicted octanol–water partition coefficient (Wildman–Crippen LogP) is 4.24. The highest BCUT2D eigenvalue weighted by atomic mass is 79.9. The first-order valence-corrected chi connectivity index (χ1v) is 8.26. The second-order valence-corrected chi connectivity index (χ2v) is 6.16. The molecule has 0 aliphatic carbocycles. The minimum Gasteiger partial charge on any atom is -0.398 e. The van der Waals surface area contributed by atoms with Gasteiger partial charge in [0.25, 0.3) is 0 Å². The summed E-state index contributed by atoms with van der Waals surface area (Å²) in [6.07, 6.45) is 0.893. The summed E-state index contributed by atoms with van der Waals surface area (Å²) in [5, 5.41) is 4.56. The van der Waals surface area contributed by atoms with E-state index >= 15 is 0 Å². The summed E-state index contributed by atoms with van der Waals surface area (Å²) in [6, 6.07) is 4.50. The average Bonchev–Trinajstić information content (AvgIpc) is 2.74. The van der Waals surface area contributed by atoms with Gasteiger partial charge in [0.1, 0.15) is 5.82 Å². The number of rotatable bonds is 5. The van der Waals surface area contributed by atoms with Gasteiger partial charge in [-0.05, 0) is 47.5 Å². The molecule has 2 N–H and O–H groups in total. The number of hydrogen-bond acceptors (Lipinski definition) is 3. The van der Waals surface area contributed by atoms with Crippen molar-refractivity contribution < 1.29 is 4.39 Å². The summed E-state index contributed by atoms with van der Waals surface area (Å²) >= 11 is 5.21. The van der Waals surface area contributed by atoms with Crippen molar-refractivity contribution in [3.63, 3.8) is 0 Å². The summed E-state index contributed by atoms with van der Waals surface area (Å²) < 4.78 is 16.1. The molecule has 0 saturated heterocycles. The third-order valence-corrected chi connectivity index (χ3v) is 5.05. The molecule has 0 atom stereocenters. The summed E-state index contributed by atoms with van der Waals surface area (Å²) in [5.41, 5.74) is 8.51. The summed E-state index contributed by atoms with van der Waals surface area (Å²) in [7, 11) is 0. The van der Waals surface area contributed by atoms with Crippen LogP contribution < -0.4 is 5.73 Å². The van der Waals surface area contributed by atoms with E-state index in [4.69, 9.17) is 5.73 Å². The smallest absolute Gasteiger partial charge is 0.125 e. The number of thioether (sulfide) groups is 1. The lowest BCUT2D eigenvalue weighted by atomic mass is 10.3. The zero-order valence-electron chi connectivity index (χ0n) is 11.5. The predicted molar refractivity (Wildman–Crippen MR) is 85.4 cm³/mol. The zero-order chi connectivity index (χ0) is 14.7. The monoisotopic (exact) mass is 357 g/mol. The molecule has 6 heteroatoms. The zero-order valence-corrected chi connectivity index (χ0v) is 13.9. The van der Waals surface area contributed by atoms with Gasteiger partial charge in [0.05, 0.1) is 15.9 Å². The van der Waals surface area contributed by atoms with Crippen LogP contribution in [0.4, 0.5) is 10.1 Å². The van der Waals surface area contributed by atoms with Gasteiger partial charge in [-0.3, -0.25) is 4.68 Å². The Bertz CT molecular complexity index is 613. The van der Waals surface area contributed by atoms with Crippen LogP contribution in [0.25, 0.3) is 0 Å². The third kappa shape index (κ3) is 3.17. The fourth-order valence-corrected chi connectivity index (χ4v) is 3.82. The molecule has 3 nitrogen and oxygen atoms in total. The molecule has 0 amide bonds. The maximum Gasteiger partial charge on any atom is 0.125 e. The van der Waals surface area contributed by atoms with Crippen LogP contribution in [0.1, 0.15) is 25.2 Å². The van der Waals surface area contributed by atoms with Crippen LogP contribution in [0.15, 0.2) is 27.6 Å². The first-order chi connectivity index (χ1) is 9.56. The molecule has 0 fully saturated rings. The lowest BCUT2D eigenvalue weighted by Crippen LogP contribution is -2.02. The van der Waals surface area contributed by atoms with E-state index in [2.05, 4.69) is 34.9 Å². The number of benzene rings is 1. The topological polar surface area (TPSA) is 43.8 Å². The number of aromatic nitrogens is 2. The quantitative estimate of drug-likeness (QED) is 0.642. The molecule has 1 heterocycles. The second-order valence-electron chi connectivity index (χ2n) is 4.35. The van der Waals surface area contributed by atoms with E-state index in [0.29, 0.717) is 5.69 Å².